The van der Waals surface area contributed by atoms with Gasteiger partial charge in [0.2, 0.25) is 0 Å². The summed E-state index contributed by atoms with van der Waals surface area (Å²) in [6, 6.07) is 6.09. The van der Waals surface area contributed by atoms with E-state index in [1.807, 2.05) is 6.92 Å². The predicted octanol–water partition coefficient (Wildman–Crippen LogP) is 3.79. The summed E-state index contributed by atoms with van der Waals surface area (Å²) in [7, 11) is 0. The number of halogens is 2. The molecule has 6 heteroatoms. The molecule has 0 aliphatic carbocycles. The van der Waals surface area contributed by atoms with Crippen LogP contribution in [0.4, 0.5) is 4.39 Å². The molecule has 0 N–H and O–H groups in total. The molecule has 2 heterocycles. The van der Waals surface area contributed by atoms with Crippen molar-refractivity contribution in [2.75, 3.05) is 13.1 Å². The van der Waals surface area contributed by atoms with Crippen LogP contribution >= 0.6 is 11.6 Å². The smallest absolute Gasteiger partial charge is 0.142 e. The maximum absolute atomic E-state index is 13.0. The monoisotopic (exact) mass is 320 g/mol. The summed E-state index contributed by atoms with van der Waals surface area (Å²) in [4.78, 5) is 0. The number of rotatable bonds is 3. The zero-order chi connectivity index (χ0) is 15.5. The highest BCUT2D eigenvalue weighted by molar-refractivity contribution is 6.32. The molecule has 1 fully saturated rings. The summed E-state index contributed by atoms with van der Waals surface area (Å²) in [5.74, 6) is -0.282. The Bertz CT molecular complexity index is 672. The molecule has 0 bridgehead atoms. The Kier molecular flexibility index (Phi) is 4.43. The molecule has 2 aromatic rings. The normalized spacial score (nSPS) is 15.7. The molecule has 116 valence electrons. The van der Waals surface area contributed by atoms with E-state index in [9.17, 15) is 4.39 Å². The number of hydrogen-bond donors (Lipinski definition) is 0. The second-order valence-corrected chi connectivity index (χ2v) is 5.80. The van der Waals surface area contributed by atoms with Crippen LogP contribution in [0.1, 0.15) is 30.5 Å². The third-order valence-corrected chi connectivity index (χ3v) is 4.17. The van der Waals surface area contributed by atoms with E-state index in [1.165, 1.54) is 31.4 Å². The van der Waals surface area contributed by atoms with Crippen molar-refractivity contribution >= 4 is 17.8 Å². The molecule has 0 atom stereocenters. The van der Waals surface area contributed by atoms with Gasteiger partial charge < -0.3 is 0 Å². The van der Waals surface area contributed by atoms with Crippen LogP contribution in [-0.2, 0) is 0 Å². The summed E-state index contributed by atoms with van der Waals surface area (Å²) in [6.07, 6.45) is 5.40. The summed E-state index contributed by atoms with van der Waals surface area (Å²) < 4.78 is 14.6. The van der Waals surface area contributed by atoms with E-state index >= 15 is 0 Å². The van der Waals surface area contributed by atoms with Crippen molar-refractivity contribution < 1.29 is 4.39 Å². The van der Waals surface area contributed by atoms with Crippen molar-refractivity contribution in [3.8, 4) is 5.69 Å². The van der Waals surface area contributed by atoms with E-state index in [2.05, 4.69) is 15.2 Å². The molecular weight excluding hydrogens is 303 g/mol. The van der Waals surface area contributed by atoms with Gasteiger partial charge in [-0.3, -0.25) is 5.01 Å². The Balaban J connectivity index is 1.86. The third kappa shape index (κ3) is 3.14. The van der Waals surface area contributed by atoms with Crippen LogP contribution in [0.5, 0.6) is 0 Å². The van der Waals surface area contributed by atoms with Gasteiger partial charge in [-0.25, -0.2) is 9.07 Å². The minimum Gasteiger partial charge on any atom is -0.297 e. The summed E-state index contributed by atoms with van der Waals surface area (Å²) in [6.45, 7) is 3.86. The Hall–Kier alpha value is -1.88. The van der Waals surface area contributed by atoms with Crippen molar-refractivity contribution in [1.82, 2.24) is 14.8 Å². The molecule has 0 radical (unpaired) electrons. The molecule has 3 rings (SSSR count). The molecule has 1 aromatic heterocycles. The predicted molar refractivity (Wildman–Crippen MR) is 86.3 cm³/mol. The largest absolute Gasteiger partial charge is 0.297 e. The number of hydrazone groups is 1. The summed E-state index contributed by atoms with van der Waals surface area (Å²) >= 11 is 6.42. The van der Waals surface area contributed by atoms with Gasteiger partial charge in [0.1, 0.15) is 11.0 Å². The van der Waals surface area contributed by atoms with Gasteiger partial charge in [-0.05, 0) is 50.5 Å². The van der Waals surface area contributed by atoms with Crippen molar-refractivity contribution in [2.24, 2.45) is 5.10 Å². The van der Waals surface area contributed by atoms with Crippen LogP contribution < -0.4 is 0 Å². The highest BCUT2D eigenvalue weighted by atomic mass is 35.5. The number of hydrogen-bond acceptors (Lipinski definition) is 3. The molecule has 1 aliphatic heterocycles. The Morgan fingerprint density at radius 2 is 1.86 bits per heavy atom. The van der Waals surface area contributed by atoms with E-state index in [1.54, 1.807) is 23.0 Å². The number of benzene rings is 1. The number of piperidine rings is 1. The van der Waals surface area contributed by atoms with Gasteiger partial charge in [-0.1, -0.05) is 11.6 Å². The lowest BCUT2D eigenvalue weighted by Crippen LogP contribution is -2.24. The van der Waals surface area contributed by atoms with Crippen LogP contribution in [0.2, 0.25) is 5.15 Å². The molecule has 0 saturated carbocycles. The van der Waals surface area contributed by atoms with Gasteiger partial charge in [0, 0.05) is 13.1 Å². The zero-order valence-corrected chi connectivity index (χ0v) is 13.2. The van der Waals surface area contributed by atoms with Crippen LogP contribution in [-0.4, -0.2) is 34.1 Å². The third-order valence-electron chi connectivity index (χ3n) is 3.80. The fraction of sp³-hybridized carbons (Fsp3) is 0.375. The molecule has 1 aliphatic rings. The Morgan fingerprint density at radius 1 is 1.18 bits per heavy atom. The molecule has 0 amide bonds. The molecule has 4 nitrogen and oxygen atoms in total. The van der Waals surface area contributed by atoms with Crippen molar-refractivity contribution in [2.45, 2.75) is 26.2 Å². The second-order valence-electron chi connectivity index (χ2n) is 5.44. The Morgan fingerprint density at radius 3 is 2.55 bits per heavy atom. The minimum atomic E-state index is -0.282. The fourth-order valence-corrected chi connectivity index (χ4v) is 2.86. The summed E-state index contributed by atoms with van der Waals surface area (Å²) in [5, 5.41) is 11.5. The number of aryl methyl sites for hydroxylation is 1. The maximum atomic E-state index is 13.0. The first-order valence-electron chi connectivity index (χ1n) is 7.45. The first-order valence-corrected chi connectivity index (χ1v) is 7.83. The van der Waals surface area contributed by atoms with E-state index in [0.717, 1.165) is 30.0 Å². The minimum absolute atomic E-state index is 0.282. The van der Waals surface area contributed by atoms with E-state index in [4.69, 9.17) is 11.6 Å². The average molecular weight is 321 g/mol. The van der Waals surface area contributed by atoms with E-state index < -0.39 is 0 Å². The van der Waals surface area contributed by atoms with Gasteiger partial charge >= 0.3 is 0 Å². The molecule has 1 saturated heterocycles. The molecular formula is C16H18ClFN4. The van der Waals surface area contributed by atoms with Crippen LogP contribution in [0.3, 0.4) is 0 Å². The van der Waals surface area contributed by atoms with Gasteiger partial charge in [0.05, 0.1) is 23.2 Å². The van der Waals surface area contributed by atoms with Gasteiger partial charge in [0.25, 0.3) is 0 Å². The highest BCUT2D eigenvalue weighted by Crippen LogP contribution is 2.22. The quantitative estimate of drug-likeness (QED) is 0.806. The number of nitrogens with zero attached hydrogens (tertiary/aromatic N) is 4. The van der Waals surface area contributed by atoms with E-state index in [-0.39, 0.29) is 5.82 Å². The average Bonchev–Trinajstić information content (AvgIpc) is 2.82. The van der Waals surface area contributed by atoms with Crippen molar-refractivity contribution in [1.29, 1.82) is 0 Å². The van der Waals surface area contributed by atoms with Gasteiger partial charge in [-0.2, -0.15) is 10.2 Å². The lowest BCUT2D eigenvalue weighted by atomic mass is 10.2. The van der Waals surface area contributed by atoms with Crippen LogP contribution in [0.15, 0.2) is 29.4 Å². The second kappa shape index (κ2) is 6.48. The summed E-state index contributed by atoms with van der Waals surface area (Å²) in [5.41, 5.74) is 2.33. The SMILES string of the molecule is Cc1nn(-c2ccc(F)cc2)c(Cl)c1C=NN1CCCCC1. The highest BCUT2D eigenvalue weighted by Gasteiger charge is 2.14. The molecule has 0 spiro atoms. The van der Waals surface area contributed by atoms with E-state index in [0.29, 0.717) is 5.15 Å². The van der Waals surface area contributed by atoms with Gasteiger partial charge in [-0.15, -0.1) is 0 Å². The molecule has 0 unspecified atom stereocenters. The van der Waals surface area contributed by atoms with Crippen molar-refractivity contribution in [3.63, 3.8) is 0 Å². The van der Waals surface area contributed by atoms with Crippen molar-refractivity contribution in [3.05, 3.63) is 46.5 Å². The topological polar surface area (TPSA) is 33.4 Å². The first-order chi connectivity index (χ1) is 10.6. The lowest BCUT2D eigenvalue weighted by molar-refractivity contribution is 0.240. The Labute approximate surface area is 134 Å². The fourth-order valence-electron chi connectivity index (χ4n) is 2.54. The van der Waals surface area contributed by atoms with Gasteiger partial charge in [0.15, 0.2) is 0 Å². The zero-order valence-electron chi connectivity index (χ0n) is 12.5. The lowest BCUT2D eigenvalue weighted by Gasteiger charge is -2.23. The first kappa shape index (κ1) is 15.0. The number of aromatic nitrogens is 2. The molecule has 22 heavy (non-hydrogen) atoms. The van der Waals surface area contributed by atoms with Crippen LogP contribution in [0, 0.1) is 12.7 Å². The standard InChI is InChI=1S/C16H18ClFN4/c1-12-15(11-19-21-9-3-2-4-10-21)16(17)22(20-12)14-7-5-13(18)6-8-14/h5-8,11H,2-4,9-10H2,1H3. The molecule has 1 aromatic carbocycles. The maximum Gasteiger partial charge on any atom is 0.142 e. The van der Waals surface area contributed by atoms with Crippen LogP contribution in [0.25, 0.3) is 5.69 Å².